The summed E-state index contributed by atoms with van der Waals surface area (Å²) in [5, 5.41) is 0. The van der Waals surface area contributed by atoms with Crippen molar-refractivity contribution >= 4 is 16.4 Å². The van der Waals surface area contributed by atoms with E-state index in [4.69, 9.17) is 5.73 Å². The Hall–Kier alpha value is -0.910. The van der Waals surface area contributed by atoms with Gasteiger partial charge >= 0.3 is 10.5 Å². The molecule has 0 unspecified atom stereocenters. The van der Waals surface area contributed by atoms with Crippen molar-refractivity contribution in [2.24, 2.45) is 16.0 Å². The smallest absolute Gasteiger partial charge is 0.311 e. The number of hydrogen-bond acceptors (Lipinski definition) is 4. The molecule has 0 bridgehead atoms. The van der Waals surface area contributed by atoms with Crippen molar-refractivity contribution in [3.8, 4) is 0 Å². The summed E-state index contributed by atoms with van der Waals surface area (Å²) in [4.78, 5) is 10.5. The summed E-state index contributed by atoms with van der Waals surface area (Å²) < 4.78 is 23.2. The molecule has 1 atom stereocenters. The van der Waals surface area contributed by atoms with E-state index in [1.54, 1.807) is 13.8 Å². The zero-order valence-corrected chi connectivity index (χ0v) is 7.13. The van der Waals surface area contributed by atoms with Gasteiger partial charge in [0.25, 0.3) is 0 Å². The van der Waals surface area contributed by atoms with E-state index < -0.39 is 22.4 Å². The molecule has 0 saturated carbocycles. The summed E-state index contributed by atoms with van der Waals surface area (Å²) in [6.45, 7) is 3.34. The lowest BCUT2D eigenvalue weighted by Gasteiger charge is -2.08. The van der Waals surface area contributed by atoms with E-state index in [0.29, 0.717) is 0 Å². The fraction of sp³-hybridized carbons (Fsp3) is 0.800. The van der Waals surface area contributed by atoms with Gasteiger partial charge in [0.15, 0.2) is 0 Å². The standard InChI is InChI=1S/C5H10N2O3S/c1-3(2)4(5(6)8)7-11(9)10/h3-4H,1-2H3,(H2,6,8)/t4-/m0/s1. The first-order valence-corrected chi connectivity index (χ1v) is 4.08. The van der Waals surface area contributed by atoms with Crippen LogP contribution < -0.4 is 5.73 Å². The molecular formula is C5H10N2O3S. The van der Waals surface area contributed by atoms with E-state index in [0.717, 1.165) is 0 Å². The van der Waals surface area contributed by atoms with Gasteiger partial charge in [-0.2, -0.15) is 12.8 Å². The SMILES string of the molecule is CC(C)[C@H](N=S(=O)=O)C(N)=O. The second kappa shape index (κ2) is 4.07. The van der Waals surface area contributed by atoms with Gasteiger partial charge in [0, 0.05) is 0 Å². The minimum atomic E-state index is -2.56. The Morgan fingerprint density at radius 1 is 1.45 bits per heavy atom. The highest BCUT2D eigenvalue weighted by molar-refractivity contribution is 7.61. The molecule has 0 spiro atoms. The van der Waals surface area contributed by atoms with Gasteiger partial charge in [-0.1, -0.05) is 13.8 Å². The molecule has 0 aromatic rings. The molecule has 0 saturated heterocycles. The number of rotatable bonds is 3. The van der Waals surface area contributed by atoms with Gasteiger partial charge < -0.3 is 5.73 Å². The second-order valence-electron chi connectivity index (χ2n) is 2.41. The maximum Gasteiger partial charge on any atom is 0.311 e. The lowest BCUT2D eigenvalue weighted by Crippen LogP contribution is -2.31. The van der Waals surface area contributed by atoms with Crippen LogP contribution in [0.2, 0.25) is 0 Å². The van der Waals surface area contributed by atoms with E-state index in [1.165, 1.54) is 0 Å². The molecule has 1 amide bonds. The monoisotopic (exact) mass is 178 g/mol. The number of carbonyl (C=O) groups excluding carboxylic acids is 1. The van der Waals surface area contributed by atoms with Crippen LogP contribution in [-0.4, -0.2) is 20.4 Å². The van der Waals surface area contributed by atoms with Crippen LogP contribution in [0.4, 0.5) is 0 Å². The highest BCUT2D eigenvalue weighted by Gasteiger charge is 2.18. The van der Waals surface area contributed by atoms with Gasteiger partial charge in [0.1, 0.15) is 6.04 Å². The molecule has 0 fully saturated rings. The zero-order chi connectivity index (χ0) is 9.02. The third-order valence-corrected chi connectivity index (χ3v) is 1.52. The molecule has 0 aliphatic carbocycles. The van der Waals surface area contributed by atoms with E-state index in [2.05, 4.69) is 4.36 Å². The molecule has 0 aromatic carbocycles. The van der Waals surface area contributed by atoms with Crippen molar-refractivity contribution in [3.63, 3.8) is 0 Å². The Morgan fingerprint density at radius 2 is 1.91 bits per heavy atom. The van der Waals surface area contributed by atoms with Gasteiger partial charge in [0.05, 0.1) is 0 Å². The van der Waals surface area contributed by atoms with E-state index >= 15 is 0 Å². The summed E-state index contributed by atoms with van der Waals surface area (Å²) in [6.07, 6.45) is 0. The van der Waals surface area contributed by atoms with E-state index in [-0.39, 0.29) is 5.92 Å². The predicted molar refractivity (Wildman–Crippen MR) is 39.2 cm³/mol. The van der Waals surface area contributed by atoms with Crippen LogP contribution in [0, 0.1) is 5.92 Å². The van der Waals surface area contributed by atoms with E-state index in [1.807, 2.05) is 0 Å². The zero-order valence-electron chi connectivity index (χ0n) is 6.31. The first-order chi connectivity index (χ1) is 4.95. The molecule has 2 N–H and O–H groups in total. The lowest BCUT2D eigenvalue weighted by atomic mass is 10.1. The first kappa shape index (κ1) is 10.1. The first-order valence-electron chi connectivity index (χ1n) is 3.04. The maximum absolute atomic E-state index is 10.5. The molecular weight excluding hydrogens is 168 g/mol. The molecule has 0 aromatic heterocycles. The normalized spacial score (nSPS) is 12.6. The Bertz CT molecular complexity index is 259. The van der Waals surface area contributed by atoms with Crippen LogP contribution in [0.15, 0.2) is 4.36 Å². The number of primary amides is 1. The van der Waals surface area contributed by atoms with Crippen molar-refractivity contribution in [3.05, 3.63) is 0 Å². The maximum atomic E-state index is 10.5. The van der Waals surface area contributed by atoms with Crippen LogP contribution in [0.5, 0.6) is 0 Å². The summed E-state index contributed by atoms with van der Waals surface area (Å²) in [7, 11) is -2.56. The molecule has 64 valence electrons. The molecule has 0 heterocycles. The van der Waals surface area contributed by atoms with Crippen LogP contribution >= 0.6 is 0 Å². The van der Waals surface area contributed by atoms with Gasteiger partial charge in [-0.3, -0.25) is 4.79 Å². The van der Waals surface area contributed by atoms with Gasteiger partial charge in [-0.05, 0) is 5.92 Å². The Labute approximate surface area is 66.3 Å². The van der Waals surface area contributed by atoms with Crippen molar-refractivity contribution in [1.29, 1.82) is 0 Å². The number of carbonyl (C=O) groups is 1. The number of nitrogens with two attached hydrogens (primary N) is 1. The largest absolute Gasteiger partial charge is 0.368 e. The van der Waals surface area contributed by atoms with E-state index in [9.17, 15) is 13.2 Å². The minimum Gasteiger partial charge on any atom is -0.368 e. The van der Waals surface area contributed by atoms with Crippen molar-refractivity contribution in [1.82, 2.24) is 0 Å². The van der Waals surface area contributed by atoms with Crippen LogP contribution in [0.1, 0.15) is 13.8 Å². The fourth-order valence-corrected chi connectivity index (χ4v) is 1.13. The molecule has 5 nitrogen and oxygen atoms in total. The minimum absolute atomic E-state index is 0.189. The Morgan fingerprint density at radius 3 is 2.00 bits per heavy atom. The second-order valence-corrected chi connectivity index (χ2v) is 3.06. The Kier molecular flexibility index (Phi) is 3.73. The fourth-order valence-electron chi connectivity index (χ4n) is 0.595. The quantitative estimate of drug-likeness (QED) is 0.635. The summed E-state index contributed by atoms with van der Waals surface area (Å²) in [6, 6.07) is -0.937. The summed E-state index contributed by atoms with van der Waals surface area (Å²) in [5.74, 6) is -0.908. The third-order valence-electron chi connectivity index (χ3n) is 1.12. The predicted octanol–water partition coefficient (Wildman–Crippen LogP) is -0.441. The van der Waals surface area contributed by atoms with Crippen molar-refractivity contribution in [2.75, 3.05) is 0 Å². The average molecular weight is 178 g/mol. The van der Waals surface area contributed by atoms with Crippen LogP contribution in [-0.2, 0) is 15.3 Å². The average Bonchev–Trinajstić information content (AvgIpc) is 1.81. The molecule has 0 aliphatic heterocycles. The molecule has 0 radical (unpaired) electrons. The molecule has 6 heteroatoms. The third kappa shape index (κ3) is 3.72. The highest BCUT2D eigenvalue weighted by Crippen LogP contribution is 2.04. The van der Waals surface area contributed by atoms with Crippen molar-refractivity contribution < 1.29 is 13.2 Å². The molecule has 0 aliphatic rings. The Balaban J connectivity index is 4.63. The summed E-state index contributed by atoms with van der Waals surface area (Å²) in [5.41, 5.74) is 4.88. The van der Waals surface area contributed by atoms with Crippen LogP contribution in [0.25, 0.3) is 0 Å². The number of nitrogens with zero attached hydrogens (tertiary/aromatic N) is 1. The lowest BCUT2D eigenvalue weighted by molar-refractivity contribution is -0.119. The van der Waals surface area contributed by atoms with Gasteiger partial charge in [-0.25, -0.2) is 0 Å². The van der Waals surface area contributed by atoms with Gasteiger partial charge in [0.2, 0.25) is 5.91 Å². The van der Waals surface area contributed by atoms with Crippen molar-refractivity contribution in [2.45, 2.75) is 19.9 Å². The van der Waals surface area contributed by atoms with Gasteiger partial charge in [-0.15, -0.1) is 0 Å². The highest BCUT2D eigenvalue weighted by atomic mass is 32.2. The molecule has 0 rings (SSSR count). The van der Waals surface area contributed by atoms with Crippen LogP contribution in [0.3, 0.4) is 0 Å². The summed E-state index contributed by atoms with van der Waals surface area (Å²) >= 11 is 0. The topological polar surface area (TPSA) is 89.6 Å². The number of amides is 1. The number of hydrogen-bond donors (Lipinski definition) is 1. The molecule has 11 heavy (non-hydrogen) atoms.